The molecule has 120 valence electrons. The molecule has 2 aliphatic rings. The van der Waals surface area contributed by atoms with Crippen LogP contribution >= 0.6 is 15.9 Å². The first-order valence-corrected chi connectivity index (χ1v) is 8.98. The maximum atomic E-state index is 12.2. The molecule has 4 nitrogen and oxygen atoms in total. The second-order valence-corrected chi connectivity index (χ2v) is 7.17. The molecule has 0 radical (unpaired) electrons. The van der Waals surface area contributed by atoms with Crippen molar-refractivity contribution >= 4 is 21.8 Å². The van der Waals surface area contributed by atoms with Gasteiger partial charge in [-0.3, -0.25) is 4.79 Å². The fraction of sp³-hybridized carbons (Fsp3) is 0.588. The monoisotopic (exact) mass is 365 g/mol. The van der Waals surface area contributed by atoms with Gasteiger partial charge in [-0.15, -0.1) is 0 Å². The maximum Gasteiger partial charge on any atom is 0.223 e. The Balaban J connectivity index is 1.54. The molecule has 1 aromatic rings. The fourth-order valence-corrected chi connectivity index (χ4v) is 3.76. The van der Waals surface area contributed by atoms with Gasteiger partial charge in [0.2, 0.25) is 5.91 Å². The van der Waals surface area contributed by atoms with E-state index in [-0.39, 0.29) is 11.4 Å². The van der Waals surface area contributed by atoms with Crippen molar-refractivity contribution in [2.75, 3.05) is 32.7 Å². The van der Waals surface area contributed by atoms with Crippen LogP contribution in [-0.2, 0) is 10.3 Å². The Kier molecular flexibility index (Phi) is 5.16. The first-order chi connectivity index (χ1) is 10.7. The van der Waals surface area contributed by atoms with Crippen molar-refractivity contribution in [3.63, 3.8) is 0 Å². The van der Waals surface area contributed by atoms with Crippen molar-refractivity contribution in [2.24, 2.45) is 0 Å². The first-order valence-electron chi connectivity index (χ1n) is 8.19. The van der Waals surface area contributed by atoms with Gasteiger partial charge < -0.3 is 15.5 Å². The molecule has 0 atom stereocenters. The number of nitrogens with zero attached hydrogens (tertiary/aromatic N) is 1. The lowest BCUT2D eigenvalue weighted by Gasteiger charge is -2.43. The molecule has 2 fully saturated rings. The van der Waals surface area contributed by atoms with Gasteiger partial charge in [-0.05, 0) is 37.0 Å². The van der Waals surface area contributed by atoms with Crippen LogP contribution in [0.3, 0.4) is 0 Å². The number of carbonyl (C=O) groups excluding carboxylic acids is 1. The zero-order valence-electron chi connectivity index (χ0n) is 12.9. The minimum absolute atomic E-state index is 0.0769. The fourth-order valence-electron chi connectivity index (χ4n) is 3.37. The lowest BCUT2D eigenvalue weighted by Crippen LogP contribution is -2.50. The average molecular weight is 366 g/mol. The van der Waals surface area contributed by atoms with E-state index in [1.54, 1.807) is 0 Å². The number of halogens is 1. The molecular weight excluding hydrogens is 342 g/mol. The van der Waals surface area contributed by atoms with Crippen LogP contribution in [0.2, 0.25) is 0 Å². The summed E-state index contributed by atoms with van der Waals surface area (Å²) in [6, 6.07) is 8.54. The number of piperazine rings is 1. The predicted octanol–water partition coefficient (Wildman–Crippen LogP) is 2.24. The normalized spacial score (nSPS) is 20.5. The van der Waals surface area contributed by atoms with Crippen molar-refractivity contribution in [1.82, 2.24) is 15.5 Å². The lowest BCUT2D eigenvalue weighted by molar-refractivity contribution is -0.131. The Morgan fingerprint density at radius 3 is 2.73 bits per heavy atom. The molecule has 0 aromatic heterocycles. The summed E-state index contributed by atoms with van der Waals surface area (Å²) in [5.41, 5.74) is 1.41. The second kappa shape index (κ2) is 7.11. The van der Waals surface area contributed by atoms with Gasteiger partial charge in [0, 0.05) is 49.2 Å². The van der Waals surface area contributed by atoms with E-state index < -0.39 is 0 Å². The van der Waals surface area contributed by atoms with Gasteiger partial charge in [0.05, 0.1) is 0 Å². The zero-order valence-corrected chi connectivity index (χ0v) is 14.5. The number of rotatable bonds is 5. The Labute approximate surface area is 140 Å². The van der Waals surface area contributed by atoms with Crippen LogP contribution in [0.5, 0.6) is 0 Å². The van der Waals surface area contributed by atoms with Crippen LogP contribution in [0, 0.1) is 0 Å². The van der Waals surface area contributed by atoms with E-state index >= 15 is 0 Å². The number of benzene rings is 1. The molecule has 2 N–H and O–H groups in total. The third-order valence-electron chi connectivity index (χ3n) is 4.86. The van der Waals surface area contributed by atoms with Crippen LogP contribution in [0.4, 0.5) is 0 Å². The second-order valence-electron chi connectivity index (χ2n) is 6.25. The molecule has 1 amide bonds. The van der Waals surface area contributed by atoms with E-state index in [2.05, 4.69) is 50.8 Å². The van der Waals surface area contributed by atoms with E-state index in [0.717, 1.165) is 50.0 Å². The van der Waals surface area contributed by atoms with Crippen LogP contribution in [0.15, 0.2) is 28.7 Å². The highest BCUT2D eigenvalue weighted by Crippen LogP contribution is 2.41. The SMILES string of the molecule is O=C(CCNC1(c2cccc(Br)c2)CCC1)N1CCNCC1. The molecule has 0 spiro atoms. The molecule has 5 heteroatoms. The molecule has 1 aliphatic heterocycles. The Hall–Kier alpha value is -0.910. The summed E-state index contributed by atoms with van der Waals surface area (Å²) in [6.45, 7) is 4.28. The van der Waals surface area contributed by atoms with E-state index in [4.69, 9.17) is 0 Å². The Morgan fingerprint density at radius 2 is 2.09 bits per heavy atom. The van der Waals surface area contributed by atoms with Gasteiger partial charge >= 0.3 is 0 Å². The number of carbonyl (C=O) groups is 1. The topological polar surface area (TPSA) is 44.4 Å². The average Bonchev–Trinajstić information content (AvgIpc) is 2.50. The third kappa shape index (κ3) is 3.53. The van der Waals surface area contributed by atoms with Crippen molar-refractivity contribution in [3.05, 3.63) is 34.3 Å². The van der Waals surface area contributed by atoms with Crippen LogP contribution in [0.25, 0.3) is 0 Å². The van der Waals surface area contributed by atoms with Gasteiger partial charge in [-0.2, -0.15) is 0 Å². The molecule has 1 aliphatic carbocycles. The van der Waals surface area contributed by atoms with Crippen molar-refractivity contribution < 1.29 is 4.79 Å². The van der Waals surface area contributed by atoms with Crippen LogP contribution in [0.1, 0.15) is 31.2 Å². The summed E-state index contributed by atoms with van der Waals surface area (Å²) in [5, 5.41) is 6.94. The van der Waals surface area contributed by atoms with E-state index in [9.17, 15) is 4.79 Å². The minimum atomic E-state index is 0.0769. The van der Waals surface area contributed by atoms with Gasteiger partial charge in [0.25, 0.3) is 0 Å². The summed E-state index contributed by atoms with van der Waals surface area (Å²) in [5.74, 6) is 0.276. The number of amides is 1. The van der Waals surface area contributed by atoms with Crippen LogP contribution < -0.4 is 10.6 Å². The molecule has 1 saturated heterocycles. The molecule has 0 unspecified atom stereocenters. The lowest BCUT2D eigenvalue weighted by atomic mass is 9.72. The molecule has 1 saturated carbocycles. The van der Waals surface area contributed by atoms with Crippen molar-refractivity contribution in [3.8, 4) is 0 Å². The summed E-state index contributed by atoms with van der Waals surface area (Å²) < 4.78 is 1.12. The van der Waals surface area contributed by atoms with E-state index in [1.807, 2.05) is 4.90 Å². The predicted molar refractivity (Wildman–Crippen MR) is 91.7 cm³/mol. The first kappa shape index (κ1) is 16.0. The third-order valence-corrected chi connectivity index (χ3v) is 5.35. The highest BCUT2D eigenvalue weighted by atomic mass is 79.9. The molecule has 3 rings (SSSR count). The highest BCUT2D eigenvalue weighted by Gasteiger charge is 2.38. The van der Waals surface area contributed by atoms with Gasteiger partial charge in [0.15, 0.2) is 0 Å². The molecular formula is C17H24BrN3O. The molecule has 0 bridgehead atoms. The summed E-state index contributed by atoms with van der Waals surface area (Å²) in [4.78, 5) is 14.2. The summed E-state index contributed by atoms with van der Waals surface area (Å²) >= 11 is 3.56. The van der Waals surface area contributed by atoms with Crippen molar-refractivity contribution in [1.29, 1.82) is 0 Å². The molecule has 1 aromatic carbocycles. The van der Waals surface area contributed by atoms with Gasteiger partial charge in [-0.25, -0.2) is 0 Å². The zero-order chi connectivity index (χ0) is 15.4. The van der Waals surface area contributed by atoms with Gasteiger partial charge in [0.1, 0.15) is 0 Å². The Bertz CT molecular complexity index is 524. The molecule has 22 heavy (non-hydrogen) atoms. The van der Waals surface area contributed by atoms with Crippen LogP contribution in [-0.4, -0.2) is 43.5 Å². The standard InChI is InChI=1S/C17H24BrN3O/c18-15-4-1-3-14(13-15)17(6-2-7-17)20-8-5-16(22)21-11-9-19-10-12-21/h1,3-4,13,19-20H,2,5-12H2. The highest BCUT2D eigenvalue weighted by molar-refractivity contribution is 9.10. The number of hydrogen-bond acceptors (Lipinski definition) is 3. The quantitative estimate of drug-likeness (QED) is 0.840. The summed E-state index contributed by atoms with van der Waals surface area (Å²) in [7, 11) is 0. The minimum Gasteiger partial charge on any atom is -0.340 e. The summed E-state index contributed by atoms with van der Waals surface area (Å²) in [6.07, 6.45) is 4.16. The number of nitrogens with one attached hydrogen (secondary N) is 2. The van der Waals surface area contributed by atoms with E-state index in [0.29, 0.717) is 6.42 Å². The van der Waals surface area contributed by atoms with Gasteiger partial charge in [-0.1, -0.05) is 28.1 Å². The van der Waals surface area contributed by atoms with E-state index in [1.165, 1.54) is 12.0 Å². The van der Waals surface area contributed by atoms with Crippen molar-refractivity contribution in [2.45, 2.75) is 31.2 Å². The molecule has 1 heterocycles. The maximum absolute atomic E-state index is 12.2. The number of hydrogen-bond donors (Lipinski definition) is 2. The largest absolute Gasteiger partial charge is 0.340 e. The Morgan fingerprint density at radius 1 is 1.32 bits per heavy atom. The smallest absolute Gasteiger partial charge is 0.223 e.